The van der Waals surface area contributed by atoms with E-state index in [0.717, 1.165) is 23.7 Å². The zero-order valence-electron chi connectivity index (χ0n) is 9.14. The smallest absolute Gasteiger partial charge is 0.0362 e. The molecule has 72 valence electrons. The highest BCUT2D eigenvalue weighted by molar-refractivity contribution is 4.86. The summed E-state index contributed by atoms with van der Waals surface area (Å²) in [5.74, 6) is 4.10. The van der Waals surface area contributed by atoms with E-state index in [1.165, 1.54) is 25.7 Å². The Kier molecular flexibility index (Phi) is 3.61. The molecule has 1 rings (SSSR count). The van der Waals surface area contributed by atoms with Crippen LogP contribution in [0.25, 0.3) is 0 Å². The maximum atomic E-state index is 2.42. The summed E-state index contributed by atoms with van der Waals surface area (Å²) in [7, 11) is 0. The Morgan fingerprint density at radius 2 is 2.00 bits per heavy atom. The second-order valence-electron chi connectivity index (χ2n) is 4.79. The van der Waals surface area contributed by atoms with E-state index in [0.29, 0.717) is 0 Å². The third kappa shape index (κ3) is 2.02. The zero-order chi connectivity index (χ0) is 9.14. The minimum atomic E-state index is 0.955. The lowest BCUT2D eigenvalue weighted by Gasteiger charge is -2.44. The highest BCUT2D eigenvalue weighted by atomic mass is 14.4. The molecule has 1 fully saturated rings. The molecule has 0 heterocycles. The van der Waals surface area contributed by atoms with Crippen LogP contribution >= 0.6 is 0 Å². The van der Waals surface area contributed by atoms with Crippen molar-refractivity contribution in [2.45, 2.75) is 53.4 Å². The second kappa shape index (κ2) is 4.30. The van der Waals surface area contributed by atoms with Crippen molar-refractivity contribution in [2.24, 2.45) is 23.7 Å². The van der Waals surface area contributed by atoms with Gasteiger partial charge in [0.2, 0.25) is 0 Å². The van der Waals surface area contributed by atoms with Crippen molar-refractivity contribution in [3.05, 3.63) is 0 Å². The number of hydrogen-bond acceptors (Lipinski definition) is 0. The summed E-state index contributed by atoms with van der Waals surface area (Å²) < 4.78 is 0. The average Bonchev–Trinajstić information content (AvgIpc) is 2.04. The first-order chi connectivity index (χ1) is 5.69. The van der Waals surface area contributed by atoms with Crippen LogP contribution in [0.3, 0.4) is 0 Å². The molecule has 1 aliphatic carbocycles. The normalized spacial score (nSPS) is 37.5. The maximum Gasteiger partial charge on any atom is -0.0362 e. The molecule has 0 saturated heterocycles. The molecule has 1 aliphatic rings. The van der Waals surface area contributed by atoms with Crippen LogP contribution in [0.4, 0.5) is 0 Å². The lowest BCUT2D eigenvalue weighted by Crippen LogP contribution is -2.35. The van der Waals surface area contributed by atoms with Gasteiger partial charge in [-0.15, -0.1) is 0 Å². The molecule has 0 nitrogen and oxygen atoms in total. The van der Waals surface area contributed by atoms with Crippen LogP contribution < -0.4 is 0 Å². The summed E-state index contributed by atoms with van der Waals surface area (Å²) in [5.41, 5.74) is 0. The molecule has 0 N–H and O–H groups in total. The van der Waals surface area contributed by atoms with E-state index < -0.39 is 0 Å². The molecule has 0 aromatic rings. The fraction of sp³-hybridized carbons (Fsp3) is 1.00. The summed E-state index contributed by atoms with van der Waals surface area (Å²) in [5, 5.41) is 0. The second-order valence-corrected chi connectivity index (χ2v) is 4.79. The van der Waals surface area contributed by atoms with Gasteiger partial charge in [-0.1, -0.05) is 40.5 Å². The summed E-state index contributed by atoms with van der Waals surface area (Å²) in [6, 6.07) is 0. The molecule has 4 atom stereocenters. The van der Waals surface area contributed by atoms with E-state index in [1.807, 2.05) is 0 Å². The minimum Gasteiger partial charge on any atom is -0.0651 e. The van der Waals surface area contributed by atoms with Gasteiger partial charge in [-0.3, -0.25) is 0 Å². The van der Waals surface area contributed by atoms with Gasteiger partial charge in [0.1, 0.15) is 0 Å². The topological polar surface area (TPSA) is 0 Å². The molecule has 0 aromatic carbocycles. The van der Waals surface area contributed by atoms with Crippen molar-refractivity contribution in [3.8, 4) is 0 Å². The van der Waals surface area contributed by atoms with Crippen molar-refractivity contribution in [1.29, 1.82) is 0 Å². The number of hydrogen-bond donors (Lipinski definition) is 0. The quantitative estimate of drug-likeness (QED) is 0.592. The third-order valence-electron chi connectivity index (χ3n) is 3.88. The lowest BCUT2D eigenvalue weighted by atomic mass is 9.62. The van der Waals surface area contributed by atoms with Crippen molar-refractivity contribution >= 4 is 0 Å². The largest absolute Gasteiger partial charge is 0.0651 e. The van der Waals surface area contributed by atoms with Crippen LogP contribution in [-0.2, 0) is 0 Å². The first-order valence-electron chi connectivity index (χ1n) is 5.69. The van der Waals surface area contributed by atoms with Gasteiger partial charge in [0, 0.05) is 0 Å². The fourth-order valence-corrected chi connectivity index (χ4v) is 2.79. The Balaban J connectivity index is 2.26. The summed E-state index contributed by atoms with van der Waals surface area (Å²) >= 11 is 0. The first kappa shape index (κ1) is 10.1. The SMILES string of the molecule is CCC(C)CC1CC(C)C1CC. The van der Waals surface area contributed by atoms with Crippen LogP contribution in [0, 0.1) is 23.7 Å². The summed E-state index contributed by atoms with van der Waals surface area (Å²) in [4.78, 5) is 0. The van der Waals surface area contributed by atoms with Crippen LogP contribution in [0.1, 0.15) is 53.4 Å². The Bertz CT molecular complexity index is 128. The highest BCUT2D eigenvalue weighted by Crippen LogP contribution is 2.45. The van der Waals surface area contributed by atoms with Gasteiger partial charge in [0.15, 0.2) is 0 Å². The van der Waals surface area contributed by atoms with E-state index in [9.17, 15) is 0 Å². The lowest BCUT2D eigenvalue weighted by molar-refractivity contribution is 0.0613. The molecule has 0 bridgehead atoms. The molecule has 1 saturated carbocycles. The van der Waals surface area contributed by atoms with Crippen molar-refractivity contribution < 1.29 is 0 Å². The predicted octanol–water partition coefficient (Wildman–Crippen LogP) is 4.10. The van der Waals surface area contributed by atoms with Gasteiger partial charge in [0.25, 0.3) is 0 Å². The monoisotopic (exact) mass is 168 g/mol. The molecule has 0 spiro atoms. The highest BCUT2D eigenvalue weighted by Gasteiger charge is 2.36. The van der Waals surface area contributed by atoms with Gasteiger partial charge in [0.05, 0.1) is 0 Å². The van der Waals surface area contributed by atoms with E-state index in [2.05, 4.69) is 27.7 Å². The van der Waals surface area contributed by atoms with Gasteiger partial charge in [-0.05, 0) is 36.5 Å². The van der Waals surface area contributed by atoms with Crippen molar-refractivity contribution in [1.82, 2.24) is 0 Å². The Morgan fingerprint density at radius 1 is 1.33 bits per heavy atom. The average molecular weight is 168 g/mol. The standard InChI is InChI=1S/C12H24/c1-5-9(3)7-11-8-10(4)12(11)6-2/h9-12H,5-8H2,1-4H3. The van der Waals surface area contributed by atoms with Gasteiger partial charge >= 0.3 is 0 Å². The van der Waals surface area contributed by atoms with E-state index in [1.54, 1.807) is 0 Å². The molecular formula is C12H24. The number of rotatable bonds is 4. The zero-order valence-corrected chi connectivity index (χ0v) is 9.14. The van der Waals surface area contributed by atoms with Gasteiger partial charge < -0.3 is 0 Å². The molecule has 0 aromatic heterocycles. The molecular weight excluding hydrogens is 144 g/mol. The van der Waals surface area contributed by atoms with E-state index in [-0.39, 0.29) is 0 Å². The van der Waals surface area contributed by atoms with E-state index >= 15 is 0 Å². The van der Waals surface area contributed by atoms with E-state index in [4.69, 9.17) is 0 Å². The molecule has 0 heteroatoms. The summed E-state index contributed by atoms with van der Waals surface area (Å²) in [6.45, 7) is 9.48. The third-order valence-corrected chi connectivity index (χ3v) is 3.88. The van der Waals surface area contributed by atoms with Gasteiger partial charge in [-0.2, -0.15) is 0 Å². The predicted molar refractivity (Wildman–Crippen MR) is 55.1 cm³/mol. The fourth-order valence-electron chi connectivity index (χ4n) is 2.79. The Hall–Kier alpha value is 0. The summed E-state index contributed by atoms with van der Waals surface area (Å²) in [6.07, 6.45) is 5.76. The maximum absolute atomic E-state index is 2.42. The van der Waals surface area contributed by atoms with Gasteiger partial charge in [-0.25, -0.2) is 0 Å². The molecule has 4 unspecified atom stereocenters. The molecule has 0 radical (unpaired) electrons. The molecule has 12 heavy (non-hydrogen) atoms. The van der Waals surface area contributed by atoms with Crippen LogP contribution in [0.2, 0.25) is 0 Å². The van der Waals surface area contributed by atoms with Crippen molar-refractivity contribution in [2.75, 3.05) is 0 Å². The van der Waals surface area contributed by atoms with Crippen molar-refractivity contribution in [3.63, 3.8) is 0 Å². The van der Waals surface area contributed by atoms with Crippen LogP contribution in [0.15, 0.2) is 0 Å². The molecule has 0 amide bonds. The minimum absolute atomic E-state index is 0.955. The van der Waals surface area contributed by atoms with Crippen LogP contribution in [-0.4, -0.2) is 0 Å². The Labute approximate surface area is 77.7 Å². The van der Waals surface area contributed by atoms with Crippen LogP contribution in [0.5, 0.6) is 0 Å². The molecule has 0 aliphatic heterocycles. The Morgan fingerprint density at radius 3 is 2.42 bits per heavy atom. The first-order valence-corrected chi connectivity index (χ1v) is 5.69.